The summed E-state index contributed by atoms with van der Waals surface area (Å²) < 4.78 is 5.62. The molecule has 0 aromatic heterocycles. The average Bonchev–Trinajstić information content (AvgIpc) is 2.35. The predicted octanol–water partition coefficient (Wildman–Crippen LogP) is 3.07. The first-order valence-corrected chi connectivity index (χ1v) is 5.93. The van der Waals surface area contributed by atoms with Crippen LogP contribution < -0.4 is 10.1 Å². The van der Waals surface area contributed by atoms with Gasteiger partial charge in [-0.15, -0.1) is 0 Å². The van der Waals surface area contributed by atoms with E-state index < -0.39 is 0 Å². The SMILES string of the molecule is C=C(CC)CNC1CCOc2ccccc21. The van der Waals surface area contributed by atoms with E-state index in [-0.39, 0.29) is 0 Å². The van der Waals surface area contributed by atoms with Gasteiger partial charge in [0.25, 0.3) is 0 Å². The lowest BCUT2D eigenvalue weighted by Gasteiger charge is -2.27. The Kier molecular flexibility index (Phi) is 3.62. The number of para-hydroxylation sites is 1. The monoisotopic (exact) mass is 217 g/mol. The highest BCUT2D eigenvalue weighted by Gasteiger charge is 2.19. The van der Waals surface area contributed by atoms with E-state index in [1.165, 1.54) is 11.1 Å². The normalized spacial score (nSPS) is 18.7. The number of hydrogen-bond donors (Lipinski definition) is 1. The van der Waals surface area contributed by atoms with Crippen LogP contribution in [-0.2, 0) is 0 Å². The molecule has 2 nitrogen and oxygen atoms in total. The van der Waals surface area contributed by atoms with Gasteiger partial charge in [-0.3, -0.25) is 0 Å². The van der Waals surface area contributed by atoms with Crippen LogP contribution in [0.15, 0.2) is 36.4 Å². The number of fused-ring (bicyclic) bond motifs is 1. The maximum atomic E-state index is 5.62. The molecular formula is C14H19NO. The Hall–Kier alpha value is -1.28. The minimum absolute atomic E-state index is 0.410. The summed E-state index contributed by atoms with van der Waals surface area (Å²) in [6, 6.07) is 8.68. The van der Waals surface area contributed by atoms with Gasteiger partial charge in [0.2, 0.25) is 0 Å². The number of hydrogen-bond acceptors (Lipinski definition) is 2. The largest absolute Gasteiger partial charge is 0.493 e. The summed E-state index contributed by atoms with van der Waals surface area (Å²) >= 11 is 0. The van der Waals surface area contributed by atoms with Crippen LogP contribution >= 0.6 is 0 Å². The molecule has 0 saturated heterocycles. The van der Waals surface area contributed by atoms with Crippen molar-refractivity contribution in [2.24, 2.45) is 0 Å². The van der Waals surface area contributed by atoms with Crippen LogP contribution in [-0.4, -0.2) is 13.2 Å². The van der Waals surface area contributed by atoms with Gasteiger partial charge in [0.05, 0.1) is 6.61 Å². The molecule has 16 heavy (non-hydrogen) atoms. The van der Waals surface area contributed by atoms with Crippen LogP contribution in [0.25, 0.3) is 0 Å². The fraction of sp³-hybridized carbons (Fsp3) is 0.429. The number of rotatable bonds is 4. The molecule has 0 spiro atoms. The van der Waals surface area contributed by atoms with Crippen LogP contribution in [0.1, 0.15) is 31.4 Å². The molecule has 1 atom stereocenters. The van der Waals surface area contributed by atoms with Gasteiger partial charge in [0, 0.05) is 24.6 Å². The molecule has 0 fully saturated rings. The standard InChI is InChI=1S/C14H19NO/c1-3-11(2)10-15-13-8-9-16-14-7-5-4-6-12(13)14/h4-7,13,15H,2-3,8-10H2,1H3. The zero-order chi connectivity index (χ0) is 11.4. The number of ether oxygens (including phenoxy) is 1. The Morgan fingerprint density at radius 2 is 2.31 bits per heavy atom. The van der Waals surface area contributed by atoms with Crippen molar-refractivity contribution in [3.05, 3.63) is 42.0 Å². The van der Waals surface area contributed by atoms with E-state index >= 15 is 0 Å². The van der Waals surface area contributed by atoms with Crippen molar-refractivity contribution >= 4 is 0 Å². The van der Waals surface area contributed by atoms with Crippen molar-refractivity contribution in [3.8, 4) is 5.75 Å². The summed E-state index contributed by atoms with van der Waals surface area (Å²) in [6.07, 6.45) is 2.08. The van der Waals surface area contributed by atoms with Crippen LogP contribution in [0.4, 0.5) is 0 Å². The molecule has 0 radical (unpaired) electrons. The summed E-state index contributed by atoms with van der Waals surface area (Å²) in [5.74, 6) is 1.02. The van der Waals surface area contributed by atoms with Gasteiger partial charge in [0.15, 0.2) is 0 Å². The van der Waals surface area contributed by atoms with Crippen LogP contribution in [0.5, 0.6) is 5.75 Å². The molecule has 0 aliphatic carbocycles. The predicted molar refractivity (Wildman–Crippen MR) is 66.7 cm³/mol. The van der Waals surface area contributed by atoms with Crippen molar-refractivity contribution in [1.82, 2.24) is 5.32 Å². The van der Waals surface area contributed by atoms with Crippen LogP contribution in [0.3, 0.4) is 0 Å². The molecule has 1 aliphatic rings. The molecule has 0 saturated carbocycles. The third-order valence-corrected chi connectivity index (χ3v) is 3.06. The van der Waals surface area contributed by atoms with E-state index in [4.69, 9.17) is 4.74 Å². The van der Waals surface area contributed by atoms with E-state index in [1.54, 1.807) is 0 Å². The fourth-order valence-electron chi connectivity index (χ4n) is 1.95. The number of benzene rings is 1. The summed E-state index contributed by atoms with van der Waals surface area (Å²) in [7, 11) is 0. The van der Waals surface area contributed by atoms with E-state index in [0.717, 1.165) is 31.7 Å². The topological polar surface area (TPSA) is 21.3 Å². The van der Waals surface area contributed by atoms with E-state index in [2.05, 4.69) is 31.0 Å². The molecule has 2 heteroatoms. The third kappa shape index (κ3) is 2.45. The lowest BCUT2D eigenvalue weighted by atomic mass is 10.0. The molecule has 1 aromatic rings. The first-order valence-electron chi connectivity index (χ1n) is 5.93. The zero-order valence-electron chi connectivity index (χ0n) is 9.83. The summed E-state index contributed by atoms with van der Waals surface area (Å²) in [6.45, 7) is 7.86. The van der Waals surface area contributed by atoms with Crippen molar-refractivity contribution in [2.75, 3.05) is 13.2 Å². The van der Waals surface area contributed by atoms with Crippen molar-refractivity contribution in [1.29, 1.82) is 0 Å². The Morgan fingerprint density at radius 1 is 1.50 bits per heavy atom. The van der Waals surface area contributed by atoms with Crippen molar-refractivity contribution in [3.63, 3.8) is 0 Å². The van der Waals surface area contributed by atoms with Gasteiger partial charge in [0.1, 0.15) is 5.75 Å². The van der Waals surface area contributed by atoms with Crippen LogP contribution in [0, 0.1) is 0 Å². The van der Waals surface area contributed by atoms with Gasteiger partial charge in [-0.1, -0.05) is 37.3 Å². The Bertz CT molecular complexity index is 373. The molecule has 1 heterocycles. The average molecular weight is 217 g/mol. The quantitative estimate of drug-likeness (QED) is 0.783. The zero-order valence-corrected chi connectivity index (χ0v) is 9.83. The molecule has 0 amide bonds. The first-order chi connectivity index (χ1) is 7.81. The molecular weight excluding hydrogens is 198 g/mol. The lowest BCUT2D eigenvalue weighted by molar-refractivity contribution is 0.254. The Balaban J connectivity index is 2.04. The maximum Gasteiger partial charge on any atom is 0.124 e. The molecule has 1 N–H and O–H groups in total. The first kappa shape index (κ1) is 11.2. The second-order valence-corrected chi connectivity index (χ2v) is 4.21. The van der Waals surface area contributed by atoms with Gasteiger partial charge in [-0.25, -0.2) is 0 Å². The van der Waals surface area contributed by atoms with Crippen LogP contribution in [0.2, 0.25) is 0 Å². The summed E-state index contributed by atoms with van der Waals surface area (Å²) in [5, 5.41) is 3.55. The molecule has 0 bridgehead atoms. The minimum Gasteiger partial charge on any atom is -0.493 e. The number of nitrogens with one attached hydrogen (secondary N) is 1. The van der Waals surface area contributed by atoms with Gasteiger partial charge >= 0.3 is 0 Å². The van der Waals surface area contributed by atoms with E-state index in [0.29, 0.717) is 6.04 Å². The second kappa shape index (κ2) is 5.17. The Labute approximate surface area is 97.3 Å². The lowest BCUT2D eigenvalue weighted by Crippen LogP contribution is -2.28. The molecule has 1 aliphatic heterocycles. The fourth-order valence-corrected chi connectivity index (χ4v) is 1.95. The molecule has 2 rings (SSSR count). The summed E-state index contributed by atoms with van der Waals surface area (Å²) in [5.41, 5.74) is 2.53. The van der Waals surface area contributed by atoms with Gasteiger partial charge in [-0.2, -0.15) is 0 Å². The van der Waals surface area contributed by atoms with Crippen molar-refractivity contribution in [2.45, 2.75) is 25.8 Å². The highest BCUT2D eigenvalue weighted by molar-refractivity contribution is 5.37. The molecule has 1 unspecified atom stereocenters. The Morgan fingerprint density at radius 3 is 3.12 bits per heavy atom. The second-order valence-electron chi connectivity index (χ2n) is 4.21. The highest BCUT2D eigenvalue weighted by atomic mass is 16.5. The third-order valence-electron chi connectivity index (χ3n) is 3.06. The smallest absolute Gasteiger partial charge is 0.124 e. The highest BCUT2D eigenvalue weighted by Crippen LogP contribution is 2.31. The van der Waals surface area contributed by atoms with Gasteiger partial charge < -0.3 is 10.1 Å². The molecule has 86 valence electrons. The maximum absolute atomic E-state index is 5.62. The van der Waals surface area contributed by atoms with E-state index in [1.807, 2.05) is 12.1 Å². The summed E-state index contributed by atoms with van der Waals surface area (Å²) in [4.78, 5) is 0. The minimum atomic E-state index is 0.410. The van der Waals surface area contributed by atoms with E-state index in [9.17, 15) is 0 Å². The van der Waals surface area contributed by atoms with Crippen molar-refractivity contribution < 1.29 is 4.74 Å². The van der Waals surface area contributed by atoms with Gasteiger partial charge in [-0.05, 0) is 12.5 Å². The molecule has 1 aromatic carbocycles.